The SMILES string of the molecule is C(#Cc1ccc2c(c1)Cc1c-2ccc(C#Cc2ccccc2)[c]1[Zr+2][C]1=CC=CC1)c1ccccc1.[Cl-].[Cl-]. The average molecular weight is 593 g/mol. The van der Waals surface area contributed by atoms with Crippen molar-refractivity contribution in [1.29, 1.82) is 0 Å². The van der Waals surface area contributed by atoms with Gasteiger partial charge in [-0.05, 0) is 0 Å². The van der Waals surface area contributed by atoms with Gasteiger partial charge >= 0.3 is 220 Å². The van der Waals surface area contributed by atoms with Crippen molar-refractivity contribution < 1.29 is 48.0 Å². The van der Waals surface area contributed by atoms with Crippen molar-refractivity contribution in [3.63, 3.8) is 0 Å². The molecular formula is C34H22Cl2Zr. The Labute approximate surface area is 243 Å². The second-order valence-electron chi connectivity index (χ2n) is 8.74. The van der Waals surface area contributed by atoms with Crippen LogP contribution in [0.25, 0.3) is 11.1 Å². The third kappa shape index (κ3) is 6.09. The number of hydrogen-bond acceptors (Lipinski definition) is 0. The van der Waals surface area contributed by atoms with Crippen molar-refractivity contribution in [2.45, 2.75) is 12.8 Å². The van der Waals surface area contributed by atoms with Gasteiger partial charge in [0, 0.05) is 0 Å². The van der Waals surface area contributed by atoms with Gasteiger partial charge < -0.3 is 24.8 Å². The van der Waals surface area contributed by atoms with Gasteiger partial charge in [0.15, 0.2) is 0 Å². The molecule has 4 aromatic carbocycles. The molecule has 0 fully saturated rings. The maximum atomic E-state index is 3.53. The van der Waals surface area contributed by atoms with Crippen LogP contribution in [-0.2, 0) is 29.7 Å². The maximum Gasteiger partial charge on any atom is -1.00 e. The largest absolute Gasteiger partial charge is 1.00 e. The summed E-state index contributed by atoms with van der Waals surface area (Å²) in [5.74, 6) is 13.6. The molecule has 0 amide bonds. The zero-order valence-electron chi connectivity index (χ0n) is 20.1. The van der Waals surface area contributed by atoms with Crippen LogP contribution < -0.4 is 28.1 Å². The predicted molar refractivity (Wildman–Crippen MR) is 141 cm³/mol. The van der Waals surface area contributed by atoms with Crippen molar-refractivity contribution >= 4 is 3.27 Å². The fraction of sp³-hybridized carbons (Fsp3) is 0.0588. The van der Waals surface area contributed by atoms with E-state index < -0.39 is 23.2 Å². The van der Waals surface area contributed by atoms with Gasteiger partial charge in [-0.2, -0.15) is 0 Å². The summed E-state index contributed by atoms with van der Waals surface area (Å²) in [5.41, 5.74) is 10.0. The molecule has 0 heterocycles. The van der Waals surface area contributed by atoms with Gasteiger partial charge in [-0.15, -0.1) is 0 Å². The Hall–Kier alpha value is -3.06. The molecule has 3 heteroatoms. The standard InChI is InChI=1S/C29H17.C5H5.2ClH.Zr/c1-3-7-22(8-4-1)11-13-24-15-17-28-26(19-24)21-27-20-25(16-18-29(27)28)14-12-23-9-5-2-6-10-23;1-2-4-5-3-1;;;/h1-10,15-19H,21H2;1-3H,4H2;2*1H;/q;;;;+2/p-2. The first-order valence-corrected chi connectivity index (χ1v) is 14.4. The molecule has 176 valence electrons. The molecule has 0 nitrogen and oxygen atoms in total. The number of benzene rings is 4. The van der Waals surface area contributed by atoms with Gasteiger partial charge in [-0.3, -0.25) is 0 Å². The van der Waals surface area contributed by atoms with E-state index in [-0.39, 0.29) is 24.8 Å². The van der Waals surface area contributed by atoms with Crippen LogP contribution in [0.2, 0.25) is 0 Å². The van der Waals surface area contributed by atoms with Gasteiger partial charge in [-0.25, -0.2) is 0 Å². The Morgan fingerprint density at radius 3 is 1.95 bits per heavy atom. The summed E-state index contributed by atoms with van der Waals surface area (Å²) in [5, 5.41) is 0. The molecule has 2 aliphatic carbocycles. The van der Waals surface area contributed by atoms with E-state index in [1.54, 1.807) is 3.28 Å². The van der Waals surface area contributed by atoms with Gasteiger partial charge in [0.05, 0.1) is 0 Å². The van der Waals surface area contributed by atoms with Crippen LogP contribution in [0.3, 0.4) is 0 Å². The fourth-order valence-electron chi connectivity index (χ4n) is 4.63. The van der Waals surface area contributed by atoms with Crippen LogP contribution in [0.4, 0.5) is 0 Å². The van der Waals surface area contributed by atoms with Crippen molar-refractivity contribution in [2.24, 2.45) is 0 Å². The third-order valence-electron chi connectivity index (χ3n) is 6.37. The molecule has 0 N–H and O–H groups in total. The van der Waals surface area contributed by atoms with Crippen molar-refractivity contribution in [3.8, 4) is 34.8 Å². The number of fused-ring (bicyclic) bond motifs is 3. The summed E-state index contributed by atoms with van der Waals surface area (Å²) < 4.78 is 3.16. The minimum Gasteiger partial charge on any atom is -1.00 e. The first-order valence-electron chi connectivity index (χ1n) is 11.9. The number of halogens is 2. The van der Waals surface area contributed by atoms with E-state index >= 15 is 0 Å². The normalized spacial score (nSPS) is 11.7. The molecule has 0 aliphatic heterocycles. The monoisotopic (exact) mass is 590 g/mol. The van der Waals surface area contributed by atoms with E-state index in [9.17, 15) is 0 Å². The average Bonchev–Trinajstić information content (AvgIpc) is 3.56. The van der Waals surface area contributed by atoms with Gasteiger partial charge in [-0.1, -0.05) is 0 Å². The Kier molecular flexibility index (Phi) is 9.09. The molecule has 0 radical (unpaired) electrons. The second kappa shape index (κ2) is 12.5. The first kappa shape index (κ1) is 27.0. The molecular weight excluding hydrogens is 571 g/mol. The van der Waals surface area contributed by atoms with E-state index in [1.807, 2.05) is 36.4 Å². The Morgan fingerprint density at radius 1 is 0.622 bits per heavy atom. The number of allylic oxidation sites excluding steroid dienone is 4. The zero-order chi connectivity index (χ0) is 23.5. The Balaban J connectivity index is 0.00000160. The first-order chi connectivity index (χ1) is 17.3. The van der Waals surface area contributed by atoms with Crippen LogP contribution in [0.15, 0.2) is 113 Å². The van der Waals surface area contributed by atoms with Gasteiger partial charge in [0.25, 0.3) is 0 Å². The fourth-order valence-corrected chi connectivity index (χ4v) is 8.01. The summed E-state index contributed by atoms with van der Waals surface area (Å²) in [6, 6.07) is 31.7. The van der Waals surface area contributed by atoms with Crippen LogP contribution in [0.5, 0.6) is 0 Å². The summed E-state index contributed by atoms with van der Waals surface area (Å²) >= 11 is -0.930. The molecule has 0 bridgehead atoms. The van der Waals surface area contributed by atoms with Crippen LogP contribution in [-0.4, -0.2) is 0 Å². The van der Waals surface area contributed by atoms with Crippen LogP contribution in [0, 0.1) is 23.7 Å². The smallest absolute Gasteiger partial charge is 1.00 e. The molecule has 0 unspecified atom stereocenters. The zero-order valence-corrected chi connectivity index (χ0v) is 24.0. The molecule has 0 saturated carbocycles. The number of rotatable bonds is 2. The minimum absolute atomic E-state index is 0. The van der Waals surface area contributed by atoms with E-state index in [0.717, 1.165) is 29.5 Å². The minimum atomic E-state index is -0.930. The van der Waals surface area contributed by atoms with Gasteiger partial charge in [0.1, 0.15) is 0 Å². The van der Waals surface area contributed by atoms with E-state index in [1.165, 1.54) is 31.1 Å². The molecule has 0 atom stereocenters. The van der Waals surface area contributed by atoms with Crippen LogP contribution >= 0.6 is 0 Å². The van der Waals surface area contributed by atoms with Crippen LogP contribution in [0.1, 0.15) is 39.8 Å². The predicted octanol–water partition coefficient (Wildman–Crippen LogP) is 0.617. The summed E-state index contributed by atoms with van der Waals surface area (Å²) in [4.78, 5) is 0. The van der Waals surface area contributed by atoms with E-state index in [4.69, 9.17) is 0 Å². The molecule has 4 aromatic rings. The maximum absolute atomic E-state index is 3.53. The van der Waals surface area contributed by atoms with E-state index in [0.29, 0.717) is 0 Å². The number of hydrogen-bond donors (Lipinski definition) is 0. The van der Waals surface area contributed by atoms with E-state index in [2.05, 4.69) is 96.5 Å². The Morgan fingerprint density at radius 2 is 1.27 bits per heavy atom. The summed E-state index contributed by atoms with van der Waals surface area (Å²) in [6.07, 6.45) is 8.90. The van der Waals surface area contributed by atoms with Crippen molar-refractivity contribution in [2.75, 3.05) is 0 Å². The molecule has 6 rings (SSSR count). The van der Waals surface area contributed by atoms with Gasteiger partial charge in [0.2, 0.25) is 0 Å². The van der Waals surface area contributed by atoms with Crippen molar-refractivity contribution in [3.05, 3.63) is 146 Å². The topological polar surface area (TPSA) is 0 Å². The molecule has 0 aromatic heterocycles. The molecule has 2 aliphatic rings. The second-order valence-corrected chi connectivity index (χ2v) is 12.2. The van der Waals surface area contributed by atoms with Crippen molar-refractivity contribution in [1.82, 2.24) is 0 Å². The quantitative estimate of drug-likeness (QED) is 0.264. The summed E-state index contributed by atoms with van der Waals surface area (Å²) in [6.45, 7) is 0. The molecule has 0 saturated heterocycles. The molecule has 37 heavy (non-hydrogen) atoms. The summed E-state index contributed by atoms with van der Waals surface area (Å²) in [7, 11) is 0. The third-order valence-corrected chi connectivity index (χ3v) is 10.1. The molecule has 0 spiro atoms. The Bertz CT molecular complexity index is 1610.